The van der Waals surface area contributed by atoms with E-state index >= 15 is 0 Å². The highest BCUT2D eigenvalue weighted by atomic mass is 16.3. The fraction of sp³-hybridized carbons (Fsp3) is 0.417. The molecule has 0 radical (unpaired) electrons. The van der Waals surface area contributed by atoms with E-state index in [1.165, 1.54) is 18.2 Å². The minimum atomic E-state index is -3.13. The smallest absolute Gasteiger partial charge is 0.101 e. The summed E-state index contributed by atoms with van der Waals surface area (Å²) in [6.07, 6.45) is -1.31. The van der Waals surface area contributed by atoms with Gasteiger partial charge in [0.25, 0.3) is 0 Å². The lowest BCUT2D eigenvalue weighted by Gasteiger charge is -2.14. The first-order chi connectivity index (χ1) is 10.3. The van der Waals surface area contributed by atoms with Gasteiger partial charge < -0.3 is 16.2 Å². The molecule has 0 bridgehead atoms. The van der Waals surface area contributed by atoms with Crippen LogP contribution in [0.2, 0.25) is 0 Å². The Hall–Kier alpha value is -1.57. The van der Waals surface area contributed by atoms with Crippen LogP contribution in [0, 0.1) is 11.3 Å². The summed E-state index contributed by atoms with van der Waals surface area (Å²) in [5, 5.41) is 21.1. The maximum atomic E-state index is 10.1. The third-order valence-corrected chi connectivity index (χ3v) is 2.05. The highest BCUT2D eigenvalue weighted by Crippen LogP contribution is 2.18. The fourth-order valence-corrected chi connectivity index (χ4v) is 1.19. The van der Waals surface area contributed by atoms with Gasteiger partial charge in [-0.2, -0.15) is 5.26 Å². The van der Waals surface area contributed by atoms with Crippen LogP contribution >= 0.6 is 0 Å². The van der Waals surface area contributed by atoms with Crippen molar-refractivity contribution in [1.82, 2.24) is 5.32 Å². The maximum Gasteiger partial charge on any atom is 0.101 e. The van der Waals surface area contributed by atoms with E-state index in [0.717, 1.165) is 0 Å². The first-order valence-corrected chi connectivity index (χ1v) is 4.56. The number of nitriles is 1. The molecule has 4 N–H and O–H groups in total. The van der Waals surface area contributed by atoms with Crippen LogP contribution in [0.3, 0.4) is 0 Å². The molecule has 16 heavy (non-hydrogen) atoms. The van der Waals surface area contributed by atoms with Gasteiger partial charge in [-0.1, -0.05) is 19.8 Å². The lowest BCUT2D eigenvalue weighted by atomic mass is 10.0. The summed E-state index contributed by atoms with van der Waals surface area (Å²) in [5.41, 5.74) is 6.16. The van der Waals surface area contributed by atoms with Gasteiger partial charge in [0.2, 0.25) is 0 Å². The molecule has 1 unspecified atom stereocenters. The van der Waals surface area contributed by atoms with Gasteiger partial charge in [0.15, 0.2) is 0 Å². The Bertz CT molecular complexity index is 592. The average Bonchev–Trinajstić information content (AvgIpc) is 2.42. The number of nitrogens with zero attached hydrogens (tertiary/aromatic N) is 1. The van der Waals surface area contributed by atoms with E-state index in [1.807, 2.05) is 6.07 Å². The van der Waals surface area contributed by atoms with Crippen LogP contribution in [-0.2, 0) is 0 Å². The number of benzene rings is 1. The number of aliphatic hydroxyl groups excluding tert-OH is 1. The van der Waals surface area contributed by atoms with Gasteiger partial charge in [0.05, 0.1) is 11.7 Å². The highest BCUT2D eigenvalue weighted by molar-refractivity contribution is 5.55. The van der Waals surface area contributed by atoms with E-state index in [4.69, 9.17) is 20.6 Å². The second-order valence-electron chi connectivity index (χ2n) is 3.23. The number of anilines is 1. The lowest BCUT2D eigenvalue weighted by molar-refractivity contribution is 0.171. The van der Waals surface area contributed by atoms with Gasteiger partial charge in [0, 0.05) is 27.8 Å². The lowest BCUT2D eigenvalue weighted by Crippen LogP contribution is -2.27. The maximum absolute atomic E-state index is 10.1. The molecule has 1 atom stereocenters. The van der Waals surface area contributed by atoms with Crippen molar-refractivity contribution < 1.29 is 14.7 Å². The number of hydrogen-bond acceptors (Lipinski definition) is 4. The molecule has 1 aromatic rings. The number of hydrogen-bond donors (Lipinski definition) is 3. The molecule has 0 fully saturated rings. The monoisotopic (exact) mass is 226 g/mol. The zero-order chi connectivity index (χ0) is 18.1. The Balaban J connectivity index is 2.97. The van der Waals surface area contributed by atoms with Gasteiger partial charge >= 0.3 is 0 Å². The molecule has 0 aliphatic rings. The van der Waals surface area contributed by atoms with Crippen LogP contribution < -0.4 is 11.1 Å². The fourth-order valence-electron chi connectivity index (χ4n) is 1.19. The van der Waals surface area contributed by atoms with Crippen molar-refractivity contribution >= 4 is 5.69 Å². The molecule has 0 amide bonds. The van der Waals surface area contributed by atoms with Crippen molar-refractivity contribution in [2.45, 2.75) is 25.8 Å². The summed E-state index contributed by atoms with van der Waals surface area (Å²) in [6.45, 7) is -6.75. The molecule has 0 saturated heterocycles. The van der Waals surface area contributed by atoms with Crippen LogP contribution in [-0.4, -0.2) is 17.7 Å². The standard InChI is InChI=1S/C12H17N3O/c1-8(2)15-7-12(16)9-3-4-11(14)10(5-9)6-13/h3-5,8,12,15-16H,7,14H2,1-2H3/i1D3,2D3,8D. The minimum Gasteiger partial charge on any atom is -0.398 e. The molecule has 0 saturated carbocycles. The Labute approximate surface area is 106 Å². The van der Waals surface area contributed by atoms with E-state index in [0.29, 0.717) is 0 Å². The number of aliphatic hydroxyl groups is 1. The van der Waals surface area contributed by atoms with Gasteiger partial charge in [-0.25, -0.2) is 0 Å². The van der Waals surface area contributed by atoms with Gasteiger partial charge in [-0.05, 0) is 17.7 Å². The number of nitrogens with two attached hydrogens (primary N) is 1. The second kappa shape index (κ2) is 5.50. The van der Waals surface area contributed by atoms with Crippen molar-refractivity contribution in [3.05, 3.63) is 29.3 Å². The summed E-state index contributed by atoms with van der Waals surface area (Å²) >= 11 is 0. The minimum absolute atomic E-state index is 0.130. The predicted octanol–water partition coefficient (Wildman–Crippen LogP) is 1.17. The van der Waals surface area contributed by atoms with Crippen molar-refractivity contribution in [3.63, 3.8) is 0 Å². The Morgan fingerprint density at radius 1 is 1.69 bits per heavy atom. The van der Waals surface area contributed by atoms with Crippen LogP contribution in [0.1, 0.15) is 40.5 Å². The van der Waals surface area contributed by atoms with Crippen molar-refractivity contribution in [1.29, 1.82) is 5.26 Å². The summed E-state index contributed by atoms with van der Waals surface area (Å²) in [6, 6.07) is 3.06. The van der Waals surface area contributed by atoms with E-state index in [9.17, 15) is 5.11 Å². The predicted molar refractivity (Wildman–Crippen MR) is 63.7 cm³/mol. The third kappa shape index (κ3) is 3.23. The average molecular weight is 226 g/mol. The molecule has 0 heterocycles. The van der Waals surface area contributed by atoms with Gasteiger partial charge in [0.1, 0.15) is 6.07 Å². The first-order valence-electron chi connectivity index (χ1n) is 8.06. The van der Waals surface area contributed by atoms with Gasteiger partial charge in [-0.3, -0.25) is 0 Å². The SMILES string of the molecule is [2H]C([2H])([2H])C([2H])(NCC(O)c1ccc(N)c(C#N)c1)C([2H])([2H])[2H]. The molecular formula is C12H17N3O. The summed E-state index contributed by atoms with van der Waals surface area (Å²) in [7, 11) is 0. The van der Waals surface area contributed by atoms with E-state index < -0.39 is 32.4 Å². The molecule has 0 aliphatic carbocycles. The topological polar surface area (TPSA) is 82.1 Å². The van der Waals surface area contributed by atoms with Crippen LogP contribution in [0.25, 0.3) is 0 Å². The van der Waals surface area contributed by atoms with Gasteiger partial charge in [-0.15, -0.1) is 0 Å². The summed E-state index contributed by atoms with van der Waals surface area (Å²) < 4.78 is 51.4. The molecule has 0 aromatic heterocycles. The number of rotatable bonds is 4. The molecule has 0 aliphatic heterocycles. The summed E-state index contributed by atoms with van der Waals surface area (Å²) in [4.78, 5) is 0. The van der Waals surface area contributed by atoms with E-state index in [2.05, 4.69) is 5.32 Å². The molecule has 1 rings (SSSR count). The zero-order valence-corrected chi connectivity index (χ0v) is 8.49. The molecule has 0 spiro atoms. The highest BCUT2D eigenvalue weighted by Gasteiger charge is 2.09. The number of nitrogens with one attached hydrogen (secondary N) is 1. The molecule has 1 aromatic carbocycles. The summed E-state index contributed by atoms with van der Waals surface area (Å²) in [5.74, 6) is 0. The largest absolute Gasteiger partial charge is 0.398 e. The van der Waals surface area contributed by atoms with E-state index in [1.54, 1.807) is 0 Å². The Morgan fingerprint density at radius 2 is 2.44 bits per heavy atom. The van der Waals surface area contributed by atoms with E-state index in [-0.39, 0.29) is 16.8 Å². The zero-order valence-electron chi connectivity index (χ0n) is 15.5. The van der Waals surface area contributed by atoms with Crippen LogP contribution in [0.4, 0.5) is 5.69 Å². The molecule has 86 valence electrons. The second-order valence-corrected chi connectivity index (χ2v) is 3.23. The molecular weight excluding hydrogens is 202 g/mol. The quantitative estimate of drug-likeness (QED) is 0.673. The van der Waals surface area contributed by atoms with Crippen molar-refractivity contribution in [3.8, 4) is 6.07 Å². The molecule has 4 nitrogen and oxygen atoms in total. The first kappa shape index (κ1) is 5.67. The van der Waals surface area contributed by atoms with Crippen molar-refractivity contribution in [2.75, 3.05) is 12.3 Å². The number of nitrogen functional groups attached to an aromatic ring is 1. The third-order valence-electron chi connectivity index (χ3n) is 2.05. The van der Waals surface area contributed by atoms with Crippen LogP contribution in [0.15, 0.2) is 18.2 Å². The van der Waals surface area contributed by atoms with Crippen LogP contribution in [0.5, 0.6) is 0 Å². The Kier molecular flexibility index (Phi) is 1.95. The Morgan fingerprint density at radius 3 is 3.06 bits per heavy atom. The normalized spacial score (nSPS) is 21.1. The molecule has 4 heteroatoms. The van der Waals surface area contributed by atoms with Crippen molar-refractivity contribution in [2.24, 2.45) is 0 Å².